The van der Waals surface area contributed by atoms with E-state index in [2.05, 4.69) is 4.98 Å². The third-order valence-electron chi connectivity index (χ3n) is 4.00. The van der Waals surface area contributed by atoms with Crippen molar-refractivity contribution >= 4 is 17.7 Å². The van der Waals surface area contributed by atoms with E-state index in [1.807, 2.05) is 0 Å². The van der Waals surface area contributed by atoms with E-state index in [4.69, 9.17) is 14.2 Å². The molecule has 1 N–H and O–H groups in total. The highest BCUT2D eigenvalue weighted by Gasteiger charge is 2.24. The Labute approximate surface area is 161 Å². The zero-order valence-electron chi connectivity index (χ0n) is 16.1. The van der Waals surface area contributed by atoms with Gasteiger partial charge in [-0.1, -0.05) is 0 Å². The van der Waals surface area contributed by atoms with Gasteiger partial charge in [-0.05, 0) is 57.5 Å². The summed E-state index contributed by atoms with van der Waals surface area (Å²) in [6, 6.07) is 5.17. The number of benzene rings is 1. The third kappa shape index (κ3) is 4.97. The number of carbonyl (C=O) groups excluding carboxylic acids is 3. The zero-order valence-corrected chi connectivity index (χ0v) is 16.1. The summed E-state index contributed by atoms with van der Waals surface area (Å²) in [6.07, 6.45) is -0.986. The van der Waals surface area contributed by atoms with Crippen LogP contribution in [-0.4, -0.2) is 42.0 Å². The molecule has 1 aromatic carbocycles. The van der Waals surface area contributed by atoms with Crippen molar-refractivity contribution in [3.63, 3.8) is 0 Å². The van der Waals surface area contributed by atoms with E-state index in [1.165, 1.54) is 31.2 Å². The standard InChI is InChI=1S/C20H22FNO6/c1-5-26-20(25)17-11(2)18(22-12(17)3)16(23)10-27-19(24)13(4)28-15-8-6-14(21)7-9-15/h6-9,13,22H,5,10H2,1-4H3/t13-/m1/s1. The predicted molar refractivity (Wildman–Crippen MR) is 98.0 cm³/mol. The molecular weight excluding hydrogens is 369 g/mol. The smallest absolute Gasteiger partial charge is 0.347 e. The van der Waals surface area contributed by atoms with Gasteiger partial charge in [-0.2, -0.15) is 0 Å². The Kier molecular flexibility index (Phi) is 6.92. The fourth-order valence-corrected chi connectivity index (χ4v) is 2.63. The summed E-state index contributed by atoms with van der Waals surface area (Å²) in [5, 5.41) is 0. The number of aromatic amines is 1. The Morgan fingerprint density at radius 2 is 1.75 bits per heavy atom. The summed E-state index contributed by atoms with van der Waals surface area (Å²) < 4.78 is 28.2. The highest BCUT2D eigenvalue weighted by molar-refractivity contribution is 6.02. The normalized spacial score (nSPS) is 11.6. The number of halogens is 1. The molecule has 28 heavy (non-hydrogen) atoms. The van der Waals surface area contributed by atoms with Crippen molar-refractivity contribution in [3.8, 4) is 5.75 Å². The van der Waals surface area contributed by atoms with Crippen molar-refractivity contribution in [2.45, 2.75) is 33.8 Å². The summed E-state index contributed by atoms with van der Waals surface area (Å²) in [6.45, 7) is 6.12. The maximum absolute atomic E-state index is 12.9. The zero-order chi connectivity index (χ0) is 20.8. The van der Waals surface area contributed by atoms with Crippen LogP contribution in [0, 0.1) is 19.7 Å². The lowest BCUT2D eigenvalue weighted by Crippen LogP contribution is -2.28. The first kappa shape index (κ1) is 21.1. The summed E-state index contributed by atoms with van der Waals surface area (Å²) >= 11 is 0. The maximum atomic E-state index is 12.9. The number of aromatic nitrogens is 1. The van der Waals surface area contributed by atoms with E-state index in [0.29, 0.717) is 22.6 Å². The molecule has 0 saturated heterocycles. The molecule has 8 heteroatoms. The number of H-pyrrole nitrogens is 1. The molecule has 0 saturated carbocycles. The molecule has 1 aromatic heterocycles. The number of esters is 2. The number of ether oxygens (including phenoxy) is 3. The van der Waals surface area contributed by atoms with Crippen LogP contribution in [0.15, 0.2) is 24.3 Å². The van der Waals surface area contributed by atoms with Crippen LogP contribution in [0.5, 0.6) is 5.75 Å². The van der Waals surface area contributed by atoms with Gasteiger partial charge in [-0.15, -0.1) is 0 Å². The average molecular weight is 391 g/mol. The Hall–Kier alpha value is -3.16. The first-order chi connectivity index (χ1) is 13.2. The molecule has 7 nitrogen and oxygen atoms in total. The number of aryl methyl sites for hydroxylation is 1. The second kappa shape index (κ2) is 9.16. The molecule has 0 radical (unpaired) electrons. The lowest BCUT2D eigenvalue weighted by Gasteiger charge is -2.13. The van der Waals surface area contributed by atoms with Gasteiger partial charge in [0.25, 0.3) is 0 Å². The van der Waals surface area contributed by atoms with Gasteiger partial charge in [0.15, 0.2) is 12.7 Å². The molecule has 1 heterocycles. The Morgan fingerprint density at radius 3 is 2.36 bits per heavy atom. The molecule has 2 rings (SSSR count). The number of nitrogens with one attached hydrogen (secondary N) is 1. The van der Waals surface area contributed by atoms with Crippen LogP contribution in [0.1, 0.15) is 46.0 Å². The number of ketones is 1. The van der Waals surface area contributed by atoms with Gasteiger partial charge in [0, 0.05) is 5.69 Å². The van der Waals surface area contributed by atoms with Crippen molar-refractivity contribution in [1.29, 1.82) is 0 Å². The minimum atomic E-state index is -0.986. The van der Waals surface area contributed by atoms with Gasteiger partial charge in [0.1, 0.15) is 11.6 Å². The minimum absolute atomic E-state index is 0.181. The Bertz CT molecular complexity index is 872. The summed E-state index contributed by atoms with van der Waals surface area (Å²) in [5.41, 5.74) is 1.41. The molecule has 0 unspecified atom stereocenters. The van der Waals surface area contributed by atoms with Crippen molar-refractivity contribution in [3.05, 3.63) is 52.6 Å². The molecule has 0 amide bonds. The highest BCUT2D eigenvalue weighted by Crippen LogP contribution is 2.20. The van der Waals surface area contributed by atoms with Crippen molar-refractivity contribution in [2.75, 3.05) is 13.2 Å². The molecular formula is C20H22FNO6. The lowest BCUT2D eigenvalue weighted by atomic mass is 10.1. The second-order valence-electron chi connectivity index (χ2n) is 6.09. The predicted octanol–water partition coefficient (Wildman–Crippen LogP) is 3.14. The number of rotatable bonds is 8. The van der Waals surface area contributed by atoms with Crippen LogP contribution >= 0.6 is 0 Å². The highest BCUT2D eigenvalue weighted by atomic mass is 19.1. The Balaban J connectivity index is 1.97. The largest absolute Gasteiger partial charge is 0.479 e. The molecule has 1 atom stereocenters. The molecule has 0 bridgehead atoms. The van der Waals surface area contributed by atoms with E-state index in [9.17, 15) is 18.8 Å². The monoisotopic (exact) mass is 391 g/mol. The average Bonchev–Trinajstić information content (AvgIpc) is 2.95. The van der Waals surface area contributed by atoms with Crippen LogP contribution < -0.4 is 4.74 Å². The van der Waals surface area contributed by atoms with Crippen molar-refractivity contribution < 1.29 is 33.0 Å². The van der Waals surface area contributed by atoms with E-state index in [1.54, 1.807) is 20.8 Å². The Morgan fingerprint density at radius 1 is 1.11 bits per heavy atom. The lowest BCUT2D eigenvalue weighted by molar-refractivity contribution is -0.149. The summed E-state index contributed by atoms with van der Waals surface area (Å²) in [4.78, 5) is 39.3. The topological polar surface area (TPSA) is 94.7 Å². The molecule has 150 valence electrons. The van der Waals surface area contributed by atoms with Crippen molar-refractivity contribution in [2.24, 2.45) is 0 Å². The molecule has 0 aliphatic carbocycles. The molecule has 0 spiro atoms. The van der Waals surface area contributed by atoms with Gasteiger partial charge >= 0.3 is 11.9 Å². The van der Waals surface area contributed by atoms with Gasteiger partial charge in [-0.25, -0.2) is 14.0 Å². The van der Waals surface area contributed by atoms with Gasteiger partial charge in [0.05, 0.1) is 17.9 Å². The van der Waals surface area contributed by atoms with Gasteiger partial charge in [-0.3, -0.25) is 4.79 Å². The first-order valence-electron chi connectivity index (χ1n) is 8.72. The van der Waals surface area contributed by atoms with Gasteiger partial charge in [0.2, 0.25) is 5.78 Å². The second-order valence-corrected chi connectivity index (χ2v) is 6.09. The molecule has 2 aromatic rings. The van der Waals surface area contributed by atoms with E-state index in [-0.39, 0.29) is 12.3 Å². The van der Waals surface area contributed by atoms with Crippen molar-refractivity contribution in [1.82, 2.24) is 4.98 Å². The van der Waals surface area contributed by atoms with E-state index < -0.39 is 36.2 Å². The molecule has 0 fully saturated rings. The number of hydrogen-bond acceptors (Lipinski definition) is 6. The van der Waals surface area contributed by atoms with Gasteiger partial charge < -0.3 is 19.2 Å². The van der Waals surface area contributed by atoms with Crippen LogP contribution in [0.2, 0.25) is 0 Å². The van der Waals surface area contributed by atoms with Crippen LogP contribution in [0.4, 0.5) is 4.39 Å². The van der Waals surface area contributed by atoms with E-state index in [0.717, 1.165) is 0 Å². The summed E-state index contributed by atoms with van der Waals surface area (Å²) in [5.74, 6) is -1.88. The summed E-state index contributed by atoms with van der Waals surface area (Å²) in [7, 11) is 0. The SMILES string of the molecule is CCOC(=O)c1c(C)[nH]c(C(=O)COC(=O)[C@@H](C)Oc2ccc(F)cc2)c1C. The van der Waals surface area contributed by atoms with Crippen LogP contribution in [-0.2, 0) is 14.3 Å². The number of carbonyl (C=O) groups is 3. The molecule has 0 aliphatic rings. The van der Waals surface area contributed by atoms with Crippen LogP contribution in [0.25, 0.3) is 0 Å². The first-order valence-corrected chi connectivity index (χ1v) is 8.72. The maximum Gasteiger partial charge on any atom is 0.347 e. The number of hydrogen-bond donors (Lipinski definition) is 1. The fraction of sp³-hybridized carbons (Fsp3) is 0.350. The number of Topliss-reactive ketones (excluding diaryl/α,β-unsaturated/α-hetero) is 1. The molecule has 0 aliphatic heterocycles. The van der Waals surface area contributed by atoms with Crippen LogP contribution in [0.3, 0.4) is 0 Å². The fourth-order valence-electron chi connectivity index (χ4n) is 2.63. The quantitative estimate of drug-likeness (QED) is 0.549. The third-order valence-corrected chi connectivity index (χ3v) is 4.00. The minimum Gasteiger partial charge on any atom is -0.479 e. The van der Waals surface area contributed by atoms with E-state index >= 15 is 0 Å².